The van der Waals surface area contributed by atoms with E-state index in [2.05, 4.69) is 20.2 Å². The lowest BCUT2D eigenvalue weighted by atomic mass is 9.73. The van der Waals surface area contributed by atoms with E-state index in [1.807, 2.05) is 30.9 Å². The third-order valence-electron chi connectivity index (χ3n) is 6.44. The smallest absolute Gasteiger partial charge is 0.251 e. The second-order valence-corrected chi connectivity index (χ2v) is 8.40. The van der Waals surface area contributed by atoms with Crippen molar-refractivity contribution in [1.29, 1.82) is 0 Å². The molecule has 2 aliphatic heterocycles. The average molecular weight is 399 g/mol. The Morgan fingerprint density at radius 3 is 2.66 bits per heavy atom. The third kappa shape index (κ3) is 3.92. The minimum Gasteiger partial charge on any atom is -0.388 e. The van der Waals surface area contributed by atoms with Crippen LogP contribution >= 0.6 is 0 Å². The van der Waals surface area contributed by atoms with Crippen LogP contribution in [-0.4, -0.2) is 67.4 Å². The molecular weight excluding hydrogens is 370 g/mol. The monoisotopic (exact) mass is 399 g/mol. The number of imidazole rings is 1. The number of nitrogens with zero attached hydrogens (tertiary/aromatic N) is 4. The third-order valence-corrected chi connectivity index (χ3v) is 6.44. The van der Waals surface area contributed by atoms with Crippen molar-refractivity contribution in [2.75, 3.05) is 19.7 Å². The molecule has 8 nitrogen and oxygen atoms in total. The molecule has 0 radical (unpaired) electrons. The summed E-state index contributed by atoms with van der Waals surface area (Å²) in [6.07, 6.45) is 8.19. The number of aliphatic hydroxyl groups excluding tert-OH is 1. The first-order chi connectivity index (χ1) is 13.9. The van der Waals surface area contributed by atoms with Crippen molar-refractivity contribution in [2.45, 2.75) is 50.0 Å². The van der Waals surface area contributed by atoms with Crippen LogP contribution < -0.4 is 5.32 Å². The summed E-state index contributed by atoms with van der Waals surface area (Å²) in [4.78, 5) is 23.4. The largest absolute Gasteiger partial charge is 0.388 e. The maximum Gasteiger partial charge on any atom is 0.251 e. The molecule has 0 unspecified atom stereocenters. The number of aromatic nitrogens is 3. The van der Waals surface area contributed by atoms with Gasteiger partial charge in [0.1, 0.15) is 11.9 Å². The molecule has 2 fully saturated rings. The van der Waals surface area contributed by atoms with Crippen LogP contribution in [0.2, 0.25) is 0 Å². The standard InChI is InChI=1S/C21H29N5O3/c1-20(24-18(27)16-3-8-22-9-4-16)7-14-29-21(19(20)28)5-11-26(12-6-21)15-17-23-10-13-25(17)2/h3-4,8-10,13,19,28H,5-7,11-12,14-15H2,1-2H3,(H,24,27)/t19-,20+/m1/s1. The maximum absolute atomic E-state index is 12.7. The van der Waals surface area contributed by atoms with E-state index < -0.39 is 17.2 Å². The number of hydrogen-bond donors (Lipinski definition) is 2. The number of rotatable bonds is 4. The quantitative estimate of drug-likeness (QED) is 0.801. The molecule has 0 saturated carbocycles. The molecule has 1 amide bonds. The van der Waals surface area contributed by atoms with Gasteiger partial charge in [0.2, 0.25) is 0 Å². The highest BCUT2D eigenvalue weighted by Crippen LogP contribution is 2.40. The molecule has 0 bridgehead atoms. The lowest BCUT2D eigenvalue weighted by Crippen LogP contribution is -2.69. The number of nitrogens with one attached hydrogen (secondary N) is 1. The number of carbonyl (C=O) groups is 1. The Kier molecular flexibility index (Phi) is 5.42. The van der Waals surface area contributed by atoms with Crippen molar-refractivity contribution in [3.63, 3.8) is 0 Å². The van der Waals surface area contributed by atoms with Gasteiger partial charge in [0, 0.05) is 57.1 Å². The lowest BCUT2D eigenvalue weighted by molar-refractivity contribution is -0.206. The summed E-state index contributed by atoms with van der Waals surface area (Å²) in [5, 5.41) is 14.4. The molecule has 4 rings (SSSR count). The minimum atomic E-state index is -0.773. The maximum atomic E-state index is 12.7. The van der Waals surface area contributed by atoms with Gasteiger partial charge in [0.15, 0.2) is 0 Å². The Morgan fingerprint density at radius 1 is 1.28 bits per heavy atom. The van der Waals surface area contributed by atoms with E-state index in [0.717, 1.165) is 38.3 Å². The molecule has 2 aliphatic rings. The Hall–Kier alpha value is -2.29. The van der Waals surface area contributed by atoms with E-state index in [-0.39, 0.29) is 5.91 Å². The highest BCUT2D eigenvalue weighted by Gasteiger charge is 2.53. The molecule has 8 heteroatoms. The van der Waals surface area contributed by atoms with Gasteiger partial charge in [0.25, 0.3) is 5.91 Å². The molecule has 2 aromatic heterocycles. The van der Waals surface area contributed by atoms with E-state index >= 15 is 0 Å². The fourth-order valence-corrected chi connectivity index (χ4v) is 4.48. The van der Waals surface area contributed by atoms with Crippen molar-refractivity contribution in [3.05, 3.63) is 48.3 Å². The van der Waals surface area contributed by atoms with Crippen LogP contribution in [0.15, 0.2) is 36.9 Å². The van der Waals surface area contributed by atoms with E-state index in [9.17, 15) is 9.90 Å². The summed E-state index contributed by atoms with van der Waals surface area (Å²) < 4.78 is 8.18. The summed E-state index contributed by atoms with van der Waals surface area (Å²) in [6.45, 7) is 4.85. The van der Waals surface area contributed by atoms with E-state index in [1.165, 1.54) is 0 Å². The number of ether oxygens (including phenoxy) is 1. The van der Waals surface area contributed by atoms with Crippen LogP contribution in [0.25, 0.3) is 0 Å². The topological polar surface area (TPSA) is 92.5 Å². The lowest BCUT2D eigenvalue weighted by Gasteiger charge is -2.53. The normalized spacial score (nSPS) is 27.1. The molecule has 2 N–H and O–H groups in total. The van der Waals surface area contributed by atoms with E-state index in [4.69, 9.17) is 4.74 Å². The van der Waals surface area contributed by atoms with E-state index in [0.29, 0.717) is 18.6 Å². The molecule has 1 spiro atoms. The Bertz CT molecular complexity index is 847. The summed E-state index contributed by atoms with van der Waals surface area (Å²) in [7, 11) is 2.00. The highest BCUT2D eigenvalue weighted by atomic mass is 16.5. The SMILES string of the molecule is Cn1ccnc1CN1CCC2(CC1)OCC[C@](C)(NC(=O)c1ccncc1)[C@H]2O. The van der Waals surface area contributed by atoms with E-state index in [1.54, 1.807) is 24.5 Å². The van der Waals surface area contributed by atoms with Crippen LogP contribution in [0, 0.1) is 0 Å². The first-order valence-electron chi connectivity index (χ1n) is 10.1. The first kappa shape index (κ1) is 20.0. The van der Waals surface area contributed by atoms with Crippen LogP contribution in [0.1, 0.15) is 42.4 Å². The zero-order valence-corrected chi connectivity index (χ0v) is 17.0. The van der Waals surface area contributed by atoms with Crippen molar-refractivity contribution in [2.24, 2.45) is 7.05 Å². The number of piperidine rings is 1. The number of amides is 1. The number of aliphatic hydroxyl groups is 1. The zero-order chi connectivity index (χ0) is 20.5. The van der Waals surface area contributed by atoms with Gasteiger partial charge in [-0.25, -0.2) is 4.98 Å². The van der Waals surface area contributed by atoms with Crippen LogP contribution in [0.4, 0.5) is 0 Å². The number of pyridine rings is 1. The van der Waals surface area contributed by atoms with Gasteiger partial charge >= 0.3 is 0 Å². The molecule has 29 heavy (non-hydrogen) atoms. The second kappa shape index (κ2) is 7.85. The van der Waals surface area contributed by atoms with Crippen LogP contribution in [0.5, 0.6) is 0 Å². The van der Waals surface area contributed by atoms with Crippen LogP contribution in [0.3, 0.4) is 0 Å². The molecule has 2 saturated heterocycles. The molecule has 0 aliphatic carbocycles. The summed E-state index contributed by atoms with van der Waals surface area (Å²) in [5.74, 6) is 0.832. The van der Waals surface area contributed by atoms with Crippen molar-refractivity contribution >= 4 is 5.91 Å². The predicted molar refractivity (Wildman–Crippen MR) is 107 cm³/mol. The van der Waals surface area contributed by atoms with Crippen LogP contribution in [-0.2, 0) is 18.3 Å². The van der Waals surface area contributed by atoms with Gasteiger partial charge in [-0.2, -0.15) is 0 Å². The molecule has 4 heterocycles. The van der Waals surface area contributed by atoms with Crippen molar-refractivity contribution < 1.29 is 14.6 Å². The summed E-state index contributed by atoms with van der Waals surface area (Å²) >= 11 is 0. The molecule has 0 aromatic carbocycles. The fraction of sp³-hybridized carbons (Fsp3) is 0.571. The summed E-state index contributed by atoms with van der Waals surface area (Å²) in [5.41, 5.74) is -0.823. The second-order valence-electron chi connectivity index (χ2n) is 8.40. The Balaban J connectivity index is 1.42. The van der Waals surface area contributed by atoms with Gasteiger partial charge < -0.3 is 19.7 Å². The number of aryl methyl sites for hydroxylation is 1. The number of carbonyl (C=O) groups excluding carboxylic acids is 1. The minimum absolute atomic E-state index is 0.196. The van der Waals surface area contributed by atoms with Gasteiger partial charge in [-0.3, -0.25) is 14.7 Å². The zero-order valence-electron chi connectivity index (χ0n) is 17.0. The number of likely N-dealkylation sites (tertiary alicyclic amines) is 1. The van der Waals surface area contributed by atoms with Crippen molar-refractivity contribution in [3.8, 4) is 0 Å². The highest BCUT2D eigenvalue weighted by molar-refractivity contribution is 5.94. The van der Waals surface area contributed by atoms with Gasteiger partial charge in [-0.15, -0.1) is 0 Å². The number of hydrogen-bond acceptors (Lipinski definition) is 6. The Morgan fingerprint density at radius 2 is 2.00 bits per heavy atom. The predicted octanol–water partition coefficient (Wildman–Crippen LogP) is 1.12. The average Bonchev–Trinajstić information content (AvgIpc) is 3.13. The van der Waals surface area contributed by atoms with Gasteiger partial charge in [-0.1, -0.05) is 0 Å². The molecule has 2 aromatic rings. The Labute approximate surface area is 170 Å². The molecule has 2 atom stereocenters. The van der Waals surface area contributed by atoms with Gasteiger partial charge in [-0.05, 0) is 38.3 Å². The molecular formula is C21H29N5O3. The first-order valence-corrected chi connectivity index (χ1v) is 10.1. The fourth-order valence-electron chi connectivity index (χ4n) is 4.48. The van der Waals surface area contributed by atoms with Gasteiger partial charge in [0.05, 0.1) is 17.7 Å². The summed E-state index contributed by atoms with van der Waals surface area (Å²) in [6, 6.07) is 3.35. The molecule has 156 valence electrons. The van der Waals surface area contributed by atoms with Crippen molar-refractivity contribution in [1.82, 2.24) is 24.8 Å².